The molecule has 3 rings (SSSR count). The summed E-state index contributed by atoms with van der Waals surface area (Å²) in [5.74, 6) is 0.0373. The van der Waals surface area contributed by atoms with E-state index in [9.17, 15) is 9.59 Å². The third kappa shape index (κ3) is 2.77. The lowest BCUT2D eigenvalue weighted by atomic mass is 9.76. The summed E-state index contributed by atoms with van der Waals surface area (Å²) in [4.78, 5) is 27.9. The molecule has 1 atom stereocenters. The van der Waals surface area contributed by atoms with Crippen molar-refractivity contribution in [2.75, 3.05) is 0 Å². The Morgan fingerprint density at radius 3 is 2.80 bits per heavy atom. The highest BCUT2D eigenvalue weighted by molar-refractivity contribution is 7.09. The quantitative estimate of drug-likeness (QED) is 0.632. The number of aromatic nitrogens is 1. The Balaban J connectivity index is 1.78. The maximum absolute atomic E-state index is 11.9. The molecule has 2 aliphatic rings. The molecule has 0 bridgehead atoms. The van der Waals surface area contributed by atoms with Gasteiger partial charge < -0.3 is 4.74 Å². The van der Waals surface area contributed by atoms with Crippen LogP contribution in [-0.2, 0) is 20.7 Å². The lowest BCUT2D eigenvalue weighted by Crippen LogP contribution is -2.48. The summed E-state index contributed by atoms with van der Waals surface area (Å²) in [7, 11) is 0. The molecule has 1 saturated heterocycles. The van der Waals surface area contributed by atoms with Gasteiger partial charge in [0, 0.05) is 24.4 Å². The summed E-state index contributed by atoms with van der Waals surface area (Å²) >= 11 is 1.62. The van der Waals surface area contributed by atoms with E-state index in [-0.39, 0.29) is 18.2 Å². The topological polar surface area (TPSA) is 56.3 Å². The molecular weight excluding hydrogens is 274 g/mol. The molecule has 0 spiro atoms. The van der Waals surface area contributed by atoms with Crippen LogP contribution in [0, 0.1) is 5.92 Å². The van der Waals surface area contributed by atoms with Crippen molar-refractivity contribution in [2.45, 2.75) is 57.0 Å². The highest BCUT2D eigenvalue weighted by Gasteiger charge is 2.47. The fourth-order valence-corrected chi connectivity index (χ4v) is 4.19. The molecular formula is C15H19NO3S. The summed E-state index contributed by atoms with van der Waals surface area (Å²) < 4.78 is 5.74. The van der Waals surface area contributed by atoms with Gasteiger partial charge in [-0.25, -0.2) is 4.98 Å². The number of nitrogens with zero attached hydrogens (tertiary/aromatic N) is 1. The van der Waals surface area contributed by atoms with Crippen LogP contribution in [0.1, 0.15) is 50.0 Å². The predicted molar refractivity (Wildman–Crippen MR) is 75.5 cm³/mol. The van der Waals surface area contributed by atoms with E-state index in [1.54, 1.807) is 17.5 Å². The van der Waals surface area contributed by atoms with E-state index in [2.05, 4.69) is 4.98 Å². The summed E-state index contributed by atoms with van der Waals surface area (Å²) in [6.07, 6.45) is 8.14. The third-order valence-corrected chi connectivity index (χ3v) is 5.34. The smallest absolute Gasteiger partial charge is 0.313 e. The van der Waals surface area contributed by atoms with Crippen LogP contribution in [-0.4, -0.2) is 22.3 Å². The van der Waals surface area contributed by atoms with Crippen LogP contribution in [0.4, 0.5) is 0 Å². The summed E-state index contributed by atoms with van der Waals surface area (Å²) in [5.41, 5.74) is -0.561. The maximum Gasteiger partial charge on any atom is 0.313 e. The van der Waals surface area contributed by atoms with E-state index in [0.717, 1.165) is 30.7 Å². The van der Waals surface area contributed by atoms with Crippen molar-refractivity contribution in [3.05, 3.63) is 16.6 Å². The van der Waals surface area contributed by atoms with Crippen molar-refractivity contribution >= 4 is 23.1 Å². The van der Waals surface area contributed by atoms with Crippen molar-refractivity contribution in [2.24, 2.45) is 5.92 Å². The molecule has 0 N–H and O–H groups in total. The number of thiazole rings is 1. The summed E-state index contributed by atoms with van der Waals surface area (Å²) in [6.45, 7) is 0. The molecule has 108 valence electrons. The van der Waals surface area contributed by atoms with Crippen LogP contribution in [0.15, 0.2) is 11.6 Å². The van der Waals surface area contributed by atoms with Crippen LogP contribution < -0.4 is 0 Å². The average molecular weight is 293 g/mol. The zero-order chi connectivity index (χ0) is 14.0. The van der Waals surface area contributed by atoms with Crippen LogP contribution in [0.25, 0.3) is 0 Å². The Bertz CT molecular complexity index is 475. The lowest BCUT2D eigenvalue weighted by molar-refractivity contribution is -0.178. The molecule has 4 nitrogen and oxygen atoms in total. The molecule has 1 aromatic heterocycles. The van der Waals surface area contributed by atoms with Gasteiger partial charge in [-0.2, -0.15) is 0 Å². The number of esters is 1. The fraction of sp³-hybridized carbons (Fsp3) is 0.667. The molecule has 0 amide bonds. The van der Waals surface area contributed by atoms with Crippen molar-refractivity contribution < 1.29 is 14.3 Å². The van der Waals surface area contributed by atoms with Crippen LogP contribution in [0.2, 0.25) is 0 Å². The van der Waals surface area contributed by atoms with Gasteiger partial charge in [0.1, 0.15) is 17.8 Å². The van der Waals surface area contributed by atoms with E-state index in [1.807, 2.05) is 5.38 Å². The second kappa shape index (κ2) is 5.64. The first-order valence-corrected chi connectivity index (χ1v) is 8.18. The number of Topliss-reactive ketones (excluding diaryl/α,β-unsaturated/α-hetero) is 1. The fourth-order valence-electron chi connectivity index (χ4n) is 3.57. The Kier molecular flexibility index (Phi) is 3.87. The van der Waals surface area contributed by atoms with Gasteiger partial charge in [0.15, 0.2) is 0 Å². The Labute approximate surface area is 122 Å². The Morgan fingerprint density at radius 1 is 1.35 bits per heavy atom. The van der Waals surface area contributed by atoms with Crippen LogP contribution >= 0.6 is 11.3 Å². The van der Waals surface area contributed by atoms with E-state index in [1.165, 1.54) is 12.8 Å². The second-order valence-corrected chi connectivity index (χ2v) is 6.82. The number of rotatable bonds is 4. The minimum absolute atomic E-state index is 0.0345. The second-order valence-electron chi connectivity index (χ2n) is 5.84. The molecule has 5 heteroatoms. The van der Waals surface area contributed by atoms with Crippen LogP contribution in [0.5, 0.6) is 0 Å². The highest BCUT2D eigenvalue weighted by Crippen LogP contribution is 2.43. The maximum atomic E-state index is 11.9. The molecule has 1 unspecified atom stereocenters. The van der Waals surface area contributed by atoms with E-state index in [4.69, 9.17) is 4.74 Å². The summed E-state index contributed by atoms with van der Waals surface area (Å²) in [6, 6.07) is 0. The lowest BCUT2D eigenvalue weighted by Gasteiger charge is -2.40. The number of ketones is 1. The summed E-state index contributed by atoms with van der Waals surface area (Å²) in [5, 5.41) is 3.01. The SMILES string of the molecule is O=C1CC(=O)OC(CCc2nccs2)(C2CCCC2)C1. The first kappa shape index (κ1) is 13.7. The van der Waals surface area contributed by atoms with Gasteiger partial charge >= 0.3 is 5.97 Å². The predicted octanol–water partition coefficient (Wildman–Crippen LogP) is 2.91. The standard InChI is InChI=1S/C15H19NO3S/c17-12-9-14(18)19-15(10-12,11-3-1-2-4-11)6-5-13-16-7-8-20-13/h7-8,11H,1-6,9-10H2. The van der Waals surface area contributed by atoms with Gasteiger partial charge in [0.2, 0.25) is 0 Å². The number of cyclic esters (lactones) is 1. The average Bonchev–Trinajstić information content (AvgIpc) is 3.09. The van der Waals surface area contributed by atoms with Gasteiger partial charge in [0.25, 0.3) is 0 Å². The number of carbonyl (C=O) groups excluding carboxylic acids is 2. The van der Waals surface area contributed by atoms with Crippen LogP contribution in [0.3, 0.4) is 0 Å². The van der Waals surface area contributed by atoms with Gasteiger partial charge in [-0.3, -0.25) is 9.59 Å². The van der Waals surface area contributed by atoms with Gasteiger partial charge in [-0.1, -0.05) is 12.8 Å². The van der Waals surface area contributed by atoms with Crippen molar-refractivity contribution in [1.82, 2.24) is 4.98 Å². The number of hydrogen-bond acceptors (Lipinski definition) is 5. The largest absolute Gasteiger partial charge is 0.458 e. The molecule has 20 heavy (non-hydrogen) atoms. The Hall–Kier alpha value is -1.23. The van der Waals surface area contributed by atoms with Gasteiger partial charge in [0.05, 0.1) is 5.01 Å². The van der Waals surface area contributed by atoms with Crippen molar-refractivity contribution in [3.8, 4) is 0 Å². The molecule has 1 aliphatic heterocycles. The van der Waals surface area contributed by atoms with E-state index < -0.39 is 5.60 Å². The minimum Gasteiger partial charge on any atom is -0.458 e. The van der Waals surface area contributed by atoms with Gasteiger partial charge in [-0.05, 0) is 25.2 Å². The highest BCUT2D eigenvalue weighted by atomic mass is 32.1. The van der Waals surface area contributed by atoms with Gasteiger partial charge in [-0.15, -0.1) is 11.3 Å². The molecule has 1 saturated carbocycles. The number of hydrogen-bond donors (Lipinski definition) is 0. The third-order valence-electron chi connectivity index (χ3n) is 4.50. The molecule has 0 radical (unpaired) electrons. The minimum atomic E-state index is -0.561. The number of aryl methyl sites for hydroxylation is 1. The van der Waals surface area contributed by atoms with Crippen molar-refractivity contribution in [1.29, 1.82) is 0 Å². The van der Waals surface area contributed by atoms with E-state index in [0.29, 0.717) is 12.3 Å². The molecule has 0 aromatic carbocycles. The molecule has 2 heterocycles. The monoisotopic (exact) mass is 293 g/mol. The molecule has 1 aliphatic carbocycles. The normalized spacial score (nSPS) is 27.8. The zero-order valence-corrected chi connectivity index (χ0v) is 12.3. The zero-order valence-electron chi connectivity index (χ0n) is 11.5. The number of ether oxygens (including phenoxy) is 1. The molecule has 2 fully saturated rings. The number of carbonyl (C=O) groups is 2. The Morgan fingerprint density at radius 2 is 2.15 bits per heavy atom. The van der Waals surface area contributed by atoms with Crippen molar-refractivity contribution in [3.63, 3.8) is 0 Å². The molecule has 1 aromatic rings. The first-order valence-electron chi connectivity index (χ1n) is 7.30. The first-order chi connectivity index (χ1) is 9.68. The van der Waals surface area contributed by atoms with E-state index >= 15 is 0 Å².